The number of hydrogen-bond donors (Lipinski definition) is 0. The van der Waals surface area contributed by atoms with Gasteiger partial charge < -0.3 is 0 Å². The van der Waals surface area contributed by atoms with Crippen molar-refractivity contribution in [3.63, 3.8) is 0 Å². The van der Waals surface area contributed by atoms with Gasteiger partial charge in [-0.2, -0.15) is 0 Å². The summed E-state index contributed by atoms with van der Waals surface area (Å²) in [5.74, 6) is 0. The van der Waals surface area contributed by atoms with Crippen molar-refractivity contribution in [1.82, 2.24) is 19.9 Å². The van der Waals surface area contributed by atoms with Crippen LogP contribution in [-0.2, 0) is 0 Å². The Morgan fingerprint density at radius 3 is 0.784 bits per heavy atom. The molecule has 624 valence electrons. The molecular weight excluding hydrogens is 1660 g/mol. The largest absolute Gasteiger partial charge is 0.254 e. The molecule has 0 saturated heterocycles. The van der Waals surface area contributed by atoms with Gasteiger partial charge in [0.2, 0.25) is 0 Å². The van der Waals surface area contributed by atoms with E-state index in [2.05, 4.69) is 19.9 Å². The summed E-state index contributed by atoms with van der Waals surface area (Å²) in [6.45, 7) is 0. The van der Waals surface area contributed by atoms with Gasteiger partial charge in [0.25, 0.3) is 0 Å². The highest BCUT2D eigenvalue weighted by molar-refractivity contribution is 7.21. The van der Waals surface area contributed by atoms with Crippen LogP contribution in [0, 0.1) is 0 Å². The molecule has 0 bridgehead atoms. The first-order valence-corrected chi connectivity index (χ1v) is 40.7. The fourth-order valence-corrected chi connectivity index (χ4v) is 18.2. The molecule has 0 saturated carbocycles. The second-order valence-electron chi connectivity index (χ2n) is 28.3. The average Bonchev–Trinajstić information content (AvgIpc) is 1.53. The smallest absolute Gasteiger partial charge is 0.0972 e. The Balaban J connectivity index is 0.000000204. The SMILES string of the molecule is [2H]c1nc2c(c([2H])c1[2H])c([2H])c([2H])c1c([2H])c([2H])c(-c3c([2H])c([2H])c(-c4c([2H])c([2H])c(-c5c(-c6c([2H])c([2H])c([2H])c([2H])c6[2H])sc(-c6c7c([2H])c([2H])c([2H])c([2H])c7c(-c7c([2H])c([2H])c([2H])c([2H])c7[2H])c7c([2H])c([2H])c([2H])c([2H])c67)c5-c5c([2H])c([2H])c([2H])c([2H])c5[2H])c([2H])c4[2H])c4c([2H])c([2H])c([2H])c([2H])c34)nc12.[2H]c1nc2c(c([2H])c1[2H])c([2H])c([2H])c1c([2H])c([2H])c(-c3c([2H])c([2H])c(-c4c([2H])c([2H])c([2H])c(-c5sc(-c6c7c([2H])c([2H])c([2H])c([2H])c7c(-c7c([2H])c([2H])c([2H])c([2H])c7[2H])c7c([2H])c([2H])c([2H])c([2H])c67)c(-c6c([2H])c([2H])c([2H])c([2H])c6[2H])c5-c5c([2H])c([2H])c([2H])c([2H])c5[2H])c4[2H])c4c([2H])c([2H])c([2H])c([2H])c34)nc12. The summed E-state index contributed by atoms with van der Waals surface area (Å²) < 4.78 is 742. The topological polar surface area (TPSA) is 51.6 Å². The lowest BCUT2D eigenvalue weighted by molar-refractivity contribution is 1.37. The van der Waals surface area contributed by atoms with Crippen LogP contribution in [0.15, 0.2) is 484 Å². The molecule has 6 heteroatoms. The second kappa shape index (κ2) is 33.8. The number of hydrogen-bond acceptors (Lipinski definition) is 6. The van der Waals surface area contributed by atoms with E-state index in [-0.39, 0.29) is 22.7 Å². The molecule has 20 aromatic carbocycles. The van der Waals surface area contributed by atoms with E-state index in [9.17, 15) is 60.3 Å². The van der Waals surface area contributed by atoms with E-state index < -0.39 is 745 Å². The van der Waals surface area contributed by atoms with Crippen LogP contribution in [-0.4, -0.2) is 19.9 Å². The highest BCUT2D eigenvalue weighted by atomic mass is 32.1. The second-order valence-corrected chi connectivity index (χ2v) is 30.3. The van der Waals surface area contributed by atoms with Crippen LogP contribution in [0.25, 0.3) is 262 Å². The minimum Gasteiger partial charge on any atom is -0.254 e. The predicted octanol–water partition coefficient (Wildman–Crippen LogP) is 35.9. The van der Waals surface area contributed by atoms with Crippen molar-refractivity contribution in [1.29, 1.82) is 0 Å². The summed E-state index contributed by atoms with van der Waals surface area (Å²) in [4.78, 5) is 13.5. The molecule has 0 N–H and O–H groups in total. The van der Waals surface area contributed by atoms with Gasteiger partial charge in [-0.3, -0.25) is 9.97 Å². The minimum absolute atomic E-state index is 0.0812. The van der Waals surface area contributed by atoms with Gasteiger partial charge >= 0.3 is 0 Å². The molecule has 0 radical (unpaired) electrons. The van der Waals surface area contributed by atoms with Crippen LogP contribution in [0.4, 0.5) is 0 Å². The normalized spacial score (nSPS) is 19.9. The number of thiophene rings is 2. The molecule has 0 aliphatic rings. The van der Waals surface area contributed by atoms with Gasteiger partial charge in [0.15, 0.2) is 0 Å². The van der Waals surface area contributed by atoms with Crippen molar-refractivity contribution in [3.8, 4) is 153 Å². The molecule has 26 rings (SSSR count). The Bertz CT molecular complexity index is 14000. The lowest BCUT2D eigenvalue weighted by atomic mass is 9.85. The maximum Gasteiger partial charge on any atom is 0.0972 e. The first-order valence-electron chi connectivity index (χ1n) is 79.1. The van der Waals surface area contributed by atoms with Gasteiger partial charge in [0.05, 0.1) is 143 Å². The van der Waals surface area contributed by atoms with E-state index in [0.29, 0.717) is 0 Å². The van der Waals surface area contributed by atoms with Gasteiger partial charge in [0.1, 0.15) is 0 Å². The van der Waals surface area contributed by atoms with E-state index in [1.807, 2.05) is 0 Å². The number of pyridine rings is 4. The molecule has 4 nitrogen and oxygen atoms in total. The fraction of sp³-hybridized carbons (Fsp3) is 0. The van der Waals surface area contributed by atoms with Crippen molar-refractivity contribution >= 4 is 131 Å². The van der Waals surface area contributed by atoms with Crippen LogP contribution in [0.5, 0.6) is 0 Å². The number of rotatable bonds is 14. The van der Waals surface area contributed by atoms with E-state index in [0.717, 1.165) is 0 Å². The Hall–Kier alpha value is -17.0. The van der Waals surface area contributed by atoms with Crippen molar-refractivity contribution < 1.29 is 110 Å². The summed E-state index contributed by atoms with van der Waals surface area (Å²) in [6, 6.07) is -86.5. The van der Waals surface area contributed by atoms with Crippen molar-refractivity contribution in [2.24, 2.45) is 0 Å². The van der Waals surface area contributed by atoms with E-state index in [1.165, 1.54) is 0 Å². The van der Waals surface area contributed by atoms with Crippen LogP contribution in [0.1, 0.15) is 110 Å². The number of aromatic nitrogens is 4. The van der Waals surface area contributed by atoms with E-state index >= 15 is 0 Å². The van der Waals surface area contributed by atoms with Crippen LogP contribution in [0.3, 0.4) is 0 Å². The number of nitrogens with zero attached hydrogens (tertiary/aromatic N) is 4. The third-order valence-corrected chi connectivity index (χ3v) is 23.5. The molecule has 0 fully saturated rings. The van der Waals surface area contributed by atoms with Gasteiger partial charge in [-0.25, -0.2) is 9.97 Å². The van der Waals surface area contributed by atoms with Crippen molar-refractivity contribution in [2.75, 3.05) is 0 Å². The van der Waals surface area contributed by atoms with Gasteiger partial charge in [0, 0.05) is 97.9 Å². The van der Waals surface area contributed by atoms with Crippen molar-refractivity contribution in [3.05, 3.63) is 484 Å². The van der Waals surface area contributed by atoms with E-state index in [1.54, 1.807) is 0 Å². The maximum atomic E-state index is 10.5. The Morgan fingerprint density at radius 1 is 0.157 bits per heavy atom. The molecule has 0 aliphatic heterocycles. The minimum atomic E-state index is -1.37. The Kier molecular flexibility index (Phi) is 8.13. The maximum absolute atomic E-state index is 10.5. The number of fused-ring (bicyclic) bond motifs is 12. The molecule has 0 atom stereocenters. The third-order valence-electron chi connectivity index (χ3n) is 21.1. The summed E-state index contributed by atoms with van der Waals surface area (Å²) >= 11 is 0.209. The molecular formula is C128H80N4S2. The summed E-state index contributed by atoms with van der Waals surface area (Å²) in [7, 11) is 0. The molecule has 6 heterocycles. The molecule has 134 heavy (non-hydrogen) atoms. The quantitative estimate of drug-likeness (QED) is 0.0804. The van der Waals surface area contributed by atoms with E-state index in [4.69, 9.17) is 49.3 Å². The summed E-state index contributed by atoms with van der Waals surface area (Å²) in [6.07, 6.45) is -1.69. The Morgan fingerprint density at radius 2 is 0.410 bits per heavy atom. The Labute approximate surface area is 896 Å². The monoisotopic (exact) mass is 1820 g/mol. The zero-order valence-electron chi connectivity index (χ0n) is 147. The third kappa shape index (κ3) is 13.8. The first-order chi connectivity index (χ1) is 99.8. The molecule has 26 aromatic rings. The zero-order chi connectivity index (χ0) is 158. The molecule has 0 spiro atoms. The summed E-state index contributed by atoms with van der Waals surface area (Å²) in [5.41, 5.74) is -25.5. The van der Waals surface area contributed by atoms with Crippen LogP contribution in [0.2, 0.25) is 0 Å². The standard InChI is InChI=1S/2C64H40N2S/c1-4-18-41(19-5-1)57-52-29-12-14-31-54(52)60(55-32-15-13-30-53(55)57)64-59(43-22-8-3-9-23-43)58(42-20-6-2-7-21-42)63(67-64)47-25-16-24-46(40-47)48-36-37-51(50-28-11-10-27-49(48)50)56-38-35-45-34-33-44-26-17-39-65-61(44)62(45)66-56;1-4-17-42(18-5-1)57-52-26-12-14-28-54(52)60(55-29-15-13-27-53(55)57)64-59(43-19-6-2-7-20-43)58(63(67-64)47-21-8-3-9-22-47)44-32-30-41(31-33-44)48-37-38-51(50-25-11-10-24-49(48)50)56-39-36-46-35-34-45-23-16-40-65-61(45)62(46)66-56/h2*1-40H/i2*1D,2D,3D,4D,5D,6D,7D,8D,9D,10D,11D,12D,13D,14D,15D,16D,17D,18D,19D,20D,21D,22D,23D,24D,25D,26D,27D,28D,29D,30D,31D,32D,33D,34D,35D,36D,37D,38D,39D,40D. The van der Waals surface area contributed by atoms with Crippen LogP contribution < -0.4 is 0 Å². The van der Waals surface area contributed by atoms with Gasteiger partial charge in [-0.1, -0.05) is 441 Å². The lowest BCUT2D eigenvalue weighted by Crippen LogP contribution is -1.92. The molecule has 0 amide bonds. The van der Waals surface area contributed by atoms with Gasteiger partial charge in [-0.15, -0.1) is 22.7 Å². The summed E-state index contributed by atoms with van der Waals surface area (Å²) in [5, 5.41) is -12.9. The van der Waals surface area contributed by atoms with Crippen molar-refractivity contribution in [2.45, 2.75) is 0 Å². The fourth-order valence-electron chi connectivity index (χ4n) is 15.6. The number of benzene rings is 20. The highest BCUT2D eigenvalue weighted by Crippen LogP contribution is 2.59. The first kappa shape index (κ1) is 32.2. The van der Waals surface area contributed by atoms with Crippen LogP contribution >= 0.6 is 22.7 Å². The van der Waals surface area contributed by atoms with Gasteiger partial charge in [-0.05, 0) is 173 Å². The predicted molar refractivity (Wildman–Crippen MR) is 571 cm³/mol. The highest BCUT2D eigenvalue weighted by Gasteiger charge is 2.31. The lowest BCUT2D eigenvalue weighted by Gasteiger charge is -2.18. The average molecular weight is 1820 g/mol. The molecule has 0 unspecified atom stereocenters. The molecule has 6 aromatic heterocycles. The molecule has 0 aliphatic carbocycles. The zero-order valence-corrected chi connectivity index (χ0v) is 68.2.